The van der Waals surface area contributed by atoms with Crippen LogP contribution in [0.1, 0.15) is 50.8 Å². The van der Waals surface area contributed by atoms with Crippen molar-refractivity contribution < 1.29 is 19.4 Å². The van der Waals surface area contributed by atoms with E-state index in [1.807, 2.05) is 48.5 Å². The van der Waals surface area contributed by atoms with Gasteiger partial charge in [0.2, 0.25) is 0 Å². The Morgan fingerprint density at radius 3 is 1.98 bits per heavy atom. The molecule has 2 aliphatic heterocycles. The fraction of sp³-hybridized carbons (Fsp3) is 0.174. The van der Waals surface area contributed by atoms with Crippen LogP contribution < -0.4 is 19.3 Å². The number of aliphatic carboxylic acids is 1. The molecule has 268 valence electrons. The van der Waals surface area contributed by atoms with Gasteiger partial charge < -0.3 is 24.4 Å². The topological polar surface area (TPSA) is 86.0 Å². The monoisotopic (exact) mass is 729 g/mol. The lowest BCUT2D eigenvalue weighted by atomic mass is 9.98. The molecule has 5 aromatic carbocycles. The van der Waals surface area contributed by atoms with E-state index in [1.165, 1.54) is 30.3 Å². The number of thiophene rings is 1. The highest BCUT2D eigenvalue weighted by Crippen LogP contribution is 2.52. The van der Waals surface area contributed by atoms with E-state index in [0.29, 0.717) is 10.9 Å². The van der Waals surface area contributed by atoms with E-state index in [0.717, 1.165) is 92.3 Å². The zero-order valence-corrected chi connectivity index (χ0v) is 31.0. The molecule has 2 aliphatic rings. The van der Waals surface area contributed by atoms with Crippen molar-refractivity contribution in [1.29, 1.82) is 5.26 Å². The van der Waals surface area contributed by atoms with Crippen molar-refractivity contribution in [3.63, 3.8) is 0 Å². The van der Waals surface area contributed by atoms with Crippen molar-refractivity contribution in [2.75, 3.05) is 9.80 Å². The first-order valence-corrected chi connectivity index (χ1v) is 19.2. The van der Waals surface area contributed by atoms with Crippen molar-refractivity contribution in [3.05, 3.63) is 132 Å². The van der Waals surface area contributed by atoms with Crippen molar-refractivity contribution in [2.24, 2.45) is 0 Å². The minimum Gasteiger partial charge on any atom is -0.477 e. The molecule has 0 amide bonds. The average Bonchev–Trinajstić information content (AvgIpc) is 3.68. The van der Waals surface area contributed by atoms with E-state index in [4.69, 9.17) is 9.47 Å². The molecule has 8 rings (SSSR count). The molecule has 7 nitrogen and oxygen atoms in total. The number of hydrogen-bond donors (Lipinski definition) is 1. The zero-order valence-electron chi connectivity index (χ0n) is 30.2. The number of hydrogen-bond acceptors (Lipinski definition) is 7. The molecule has 1 N–H and O–H groups in total. The number of fused-ring (bicyclic) bond motifs is 4. The van der Waals surface area contributed by atoms with Crippen molar-refractivity contribution >= 4 is 51.8 Å². The van der Waals surface area contributed by atoms with Gasteiger partial charge in [0.15, 0.2) is 23.0 Å². The van der Waals surface area contributed by atoms with E-state index in [1.54, 1.807) is 6.07 Å². The SMILES string of the molecule is CCCCCC(CC)N1c2ccc(-c3ccc(N4c5ccccc5Oc5ccccc54)cc3)cc2Oc2cc(-c3ccc(/C=C(/C#N)C(=O)O)s3)ccc21. The Kier molecular flexibility index (Phi) is 9.64. The molecule has 8 heteroatoms. The summed E-state index contributed by atoms with van der Waals surface area (Å²) in [5.74, 6) is 1.99. The zero-order chi connectivity index (χ0) is 37.2. The second-order valence-electron chi connectivity index (χ2n) is 13.5. The molecule has 0 radical (unpaired) electrons. The third-order valence-electron chi connectivity index (χ3n) is 10.1. The lowest BCUT2D eigenvalue weighted by molar-refractivity contribution is -0.132. The number of nitriles is 1. The van der Waals surface area contributed by atoms with Crippen LogP contribution in [0.4, 0.5) is 28.4 Å². The molecular formula is C46H39N3O4S. The van der Waals surface area contributed by atoms with Gasteiger partial charge in [0, 0.05) is 21.5 Å². The van der Waals surface area contributed by atoms with Gasteiger partial charge >= 0.3 is 5.97 Å². The summed E-state index contributed by atoms with van der Waals surface area (Å²) in [6, 6.07) is 43.6. The third-order valence-corrected chi connectivity index (χ3v) is 11.2. The molecule has 0 saturated carbocycles. The van der Waals surface area contributed by atoms with Crippen molar-refractivity contribution in [3.8, 4) is 50.6 Å². The van der Waals surface area contributed by atoms with E-state index >= 15 is 0 Å². The number of anilines is 5. The van der Waals surface area contributed by atoms with Gasteiger partial charge in [0.25, 0.3) is 0 Å². The Hall–Kier alpha value is -6.30. The predicted molar refractivity (Wildman–Crippen MR) is 218 cm³/mol. The van der Waals surface area contributed by atoms with Crippen molar-refractivity contribution in [1.82, 2.24) is 0 Å². The van der Waals surface area contributed by atoms with Crippen LogP contribution in [0.25, 0.3) is 27.6 Å². The number of ether oxygens (including phenoxy) is 2. The molecular weight excluding hydrogens is 691 g/mol. The summed E-state index contributed by atoms with van der Waals surface area (Å²) >= 11 is 1.44. The standard InChI is InChI=1S/C46H39N3O4S/c1-3-5-6-11-34(4-2)48-39-23-18-31(30-16-20-35(21-17-30)49-37-12-7-9-14-41(37)52-42-15-10-8-13-38(42)49)27-43(39)53-44-28-32(19-24-40(44)48)45-25-22-36(54-45)26-33(29-47)46(50)51/h7-10,12-28,34H,3-6,11H2,1-2H3,(H,50,51)/b33-26-. The Morgan fingerprint density at radius 2 is 1.35 bits per heavy atom. The van der Waals surface area contributed by atoms with E-state index < -0.39 is 5.97 Å². The smallest absolute Gasteiger partial charge is 0.346 e. The predicted octanol–water partition coefficient (Wildman–Crippen LogP) is 13.3. The average molecular weight is 730 g/mol. The second kappa shape index (κ2) is 15.0. The van der Waals surface area contributed by atoms with Gasteiger partial charge in [0.05, 0.1) is 22.7 Å². The Morgan fingerprint density at radius 1 is 0.741 bits per heavy atom. The number of unbranched alkanes of at least 4 members (excludes halogenated alkanes) is 2. The molecule has 1 atom stereocenters. The van der Waals surface area contributed by atoms with Gasteiger partial charge in [-0.15, -0.1) is 11.3 Å². The summed E-state index contributed by atoms with van der Waals surface area (Å²) in [5.41, 5.74) is 7.94. The first-order chi connectivity index (χ1) is 26.4. The summed E-state index contributed by atoms with van der Waals surface area (Å²) in [5, 5.41) is 18.6. The van der Waals surface area contributed by atoms with Crippen LogP contribution in [0.5, 0.6) is 23.0 Å². The van der Waals surface area contributed by atoms with Crippen molar-refractivity contribution in [2.45, 2.75) is 52.0 Å². The largest absolute Gasteiger partial charge is 0.477 e. The summed E-state index contributed by atoms with van der Waals surface area (Å²) in [7, 11) is 0. The number of carbonyl (C=O) groups is 1. The molecule has 1 aromatic heterocycles. The van der Waals surface area contributed by atoms with E-state index in [9.17, 15) is 15.2 Å². The minimum atomic E-state index is -1.23. The lowest BCUT2D eigenvalue weighted by Gasteiger charge is -2.39. The van der Waals surface area contributed by atoms with Gasteiger partial charge in [-0.2, -0.15) is 5.26 Å². The number of nitrogens with zero attached hydrogens (tertiary/aromatic N) is 3. The first-order valence-electron chi connectivity index (χ1n) is 18.4. The summed E-state index contributed by atoms with van der Waals surface area (Å²) in [6.45, 7) is 4.50. The normalized spacial score (nSPS) is 13.4. The maximum absolute atomic E-state index is 11.4. The van der Waals surface area contributed by atoms with Gasteiger partial charge in [0.1, 0.15) is 11.6 Å². The van der Waals surface area contributed by atoms with Crippen LogP contribution in [0.3, 0.4) is 0 Å². The number of carboxylic acids is 1. The lowest BCUT2D eigenvalue weighted by Crippen LogP contribution is -2.32. The molecule has 1 unspecified atom stereocenters. The Bertz CT molecular complexity index is 2380. The maximum atomic E-state index is 11.4. The van der Waals surface area contributed by atoms with Gasteiger partial charge in [-0.05, 0) is 108 Å². The summed E-state index contributed by atoms with van der Waals surface area (Å²) in [6.07, 6.45) is 7.01. The molecule has 0 spiro atoms. The fourth-order valence-corrected chi connectivity index (χ4v) is 8.31. The highest BCUT2D eigenvalue weighted by Gasteiger charge is 2.30. The highest BCUT2D eigenvalue weighted by molar-refractivity contribution is 7.16. The molecule has 0 aliphatic carbocycles. The molecule has 6 aromatic rings. The quantitative estimate of drug-likeness (QED) is 0.0806. The van der Waals surface area contributed by atoms with Crippen LogP contribution in [-0.2, 0) is 4.79 Å². The van der Waals surface area contributed by atoms with Crippen LogP contribution in [0.2, 0.25) is 0 Å². The van der Waals surface area contributed by atoms with Crippen LogP contribution >= 0.6 is 11.3 Å². The van der Waals surface area contributed by atoms with Crippen LogP contribution in [0, 0.1) is 11.3 Å². The first kappa shape index (κ1) is 34.8. The van der Waals surface area contributed by atoms with Crippen LogP contribution in [-0.4, -0.2) is 17.1 Å². The van der Waals surface area contributed by atoms with Gasteiger partial charge in [-0.3, -0.25) is 0 Å². The summed E-state index contributed by atoms with van der Waals surface area (Å²) in [4.78, 5) is 17.8. The fourth-order valence-electron chi connectivity index (χ4n) is 7.37. The van der Waals surface area contributed by atoms with E-state index in [2.05, 4.69) is 96.4 Å². The Labute approximate surface area is 319 Å². The number of para-hydroxylation sites is 4. The number of carboxylic acid groups (broad SMARTS) is 1. The molecule has 0 saturated heterocycles. The van der Waals surface area contributed by atoms with E-state index in [-0.39, 0.29) is 5.57 Å². The molecule has 3 heterocycles. The number of rotatable bonds is 11. The highest BCUT2D eigenvalue weighted by atomic mass is 32.1. The van der Waals surface area contributed by atoms with Gasteiger partial charge in [-0.25, -0.2) is 4.79 Å². The minimum absolute atomic E-state index is 0.291. The van der Waals surface area contributed by atoms with Crippen LogP contribution in [0.15, 0.2) is 127 Å². The Balaban J connectivity index is 1.14. The molecule has 0 fully saturated rings. The maximum Gasteiger partial charge on any atom is 0.346 e. The molecule has 54 heavy (non-hydrogen) atoms. The molecule has 0 bridgehead atoms. The second-order valence-corrected chi connectivity index (χ2v) is 14.6. The summed E-state index contributed by atoms with van der Waals surface area (Å²) < 4.78 is 13.0. The number of benzene rings is 5. The van der Waals surface area contributed by atoms with Gasteiger partial charge in [-0.1, -0.05) is 81.6 Å². The third kappa shape index (κ3) is 6.59.